The SMILES string of the molecule is CC(=O)Nc1cc(N)ccc1NC(=O)CCN(C)C. The van der Waals surface area contributed by atoms with Crippen LogP contribution in [0.25, 0.3) is 0 Å². The number of nitrogens with zero attached hydrogens (tertiary/aromatic N) is 1. The van der Waals surface area contributed by atoms with Gasteiger partial charge >= 0.3 is 0 Å². The zero-order chi connectivity index (χ0) is 14.4. The van der Waals surface area contributed by atoms with Gasteiger partial charge in [0.1, 0.15) is 0 Å². The predicted octanol–water partition coefficient (Wildman–Crippen LogP) is 1.12. The average Bonchev–Trinajstić information content (AvgIpc) is 2.29. The first-order valence-electron chi connectivity index (χ1n) is 6.00. The van der Waals surface area contributed by atoms with Crippen molar-refractivity contribution in [1.82, 2.24) is 4.90 Å². The normalized spacial score (nSPS) is 10.3. The van der Waals surface area contributed by atoms with E-state index in [1.807, 2.05) is 19.0 Å². The first-order valence-corrected chi connectivity index (χ1v) is 6.00. The molecule has 0 fully saturated rings. The molecule has 19 heavy (non-hydrogen) atoms. The summed E-state index contributed by atoms with van der Waals surface area (Å²) in [6, 6.07) is 4.96. The highest BCUT2D eigenvalue weighted by Gasteiger charge is 2.08. The zero-order valence-electron chi connectivity index (χ0n) is 11.5. The Bertz CT molecular complexity index is 472. The van der Waals surface area contributed by atoms with Crippen LogP contribution in [0.5, 0.6) is 0 Å². The van der Waals surface area contributed by atoms with Crippen LogP contribution >= 0.6 is 0 Å². The molecule has 104 valence electrons. The van der Waals surface area contributed by atoms with Gasteiger partial charge in [-0.15, -0.1) is 0 Å². The Hall–Kier alpha value is -2.08. The fourth-order valence-corrected chi connectivity index (χ4v) is 1.50. The second-order valence-electron chi connectivity index (χ2n) is 4.59. The summed E-state index contributed by atoms with van der Waals surface area (Å²) in [5.74, 6) is -0.320. The number of amides is 2. The second kappa shape index (κ2) is 6.75. The molecule has 0 aliphatic rings. The van der Waals surface area contributed by atoms with Gasteiger partial charge in [-0.25, -0.2) is 0 Å². The molecule has 0 heterocycles. The van der Waals surface area contributed by atoms with Gasteiger partial charge in [0.2, 0.25) is 11.8 Å². The standard InChI is InChI=1S/C13H20N4O2/c1-9(18)15-12-8-10(14)4-5-11(12)16-13(19)6-7-17(2)3/h4-5,8H,6-7,14H2,1-3H3,(H,15,18)(H,16,19). The van der Waals surface area contributed by atoms with Crippen LogP contribution in [0, 0.1) is 0 Å². The Morgan fingerprint density at radius 3 is 2.47 bits per heavy atom. The first-order chi connectivity index (χ1) is 8.88. The molecule has 6 nitrogen and oxygen atoms in total. The van der Waals surface area contributed by atoms with Gasteiger partial charge in [0.25, 0.3) is 0 Å². The van der Waals surface area contributed by atoms with Gasteiger partial charge in [-0.1, -0.05) is 0 Å². The minimum absolute atomic E-state index is 0.106. The molecule has 0 atom stereocenters. The fourth-order valence-electron chi connectivity index (χ4n) is 1.50. The van der Waals surface area contributed by atoms with E-state index in [1.54, 1.807) is 18.2 Å². The summed E-state index contributed by atoms with van der Waals surface area (Å²) >= 11 is 0. The molecule has 0 aliphatic heterocycles. The summed E-state index contributed by atoms with van der Waals surface area (Å²) in [5.41, 5.74) is 7.24. The molecule has 4 N–H and O–H groups in total. The van der Waals surface area contributed by atoms with E-state index in [-0.39, 0.29) is 11.8 Å². The van der Waals surface area contributed by atoms with E-state index in [4.69, 9.17) is 5.73 Å². The molecule has 1 rings (SSSR count). The summed E-state index contributed by atoms with van der Waals surface area (Å²) in [5, 5.41) is 5.40. The van der Waals surface area contributed by atoms with E-state index in [0.29, 0.717) is 30.0 Å². The second-order valence-corrected chi connectivity index (χ2v) is 4.59. The smallest absolute Gasteiger partial charge is 0.225 e. The molecular weight excluding hydrogens is 244 g/mol. The molecular formula is C13H20N4O2. The van der Waals surface area contributed by atoms with Crippen molar-refractivity contribution >= 4 is 28.9 Å². The van der Waals surface area contributed by atoms with Crippen molar-refractivity contribution < 1.29 is 9.59 Å². The summed E-state index contributed by atoms with van der Waals surface area (Å²) in [6.45, 7) is 2.07. The number of carbonyl (C=O) groups excluding carboxylic acids is 2. The quantitative estimate of drug-likeness (QED) is 0.695. The van der Waals surface area contributed by atoms with Crippen LogP contribution in [-0.4, -0.2) is 37.4 Å². The Morgan fingerprint density at radius 1 is 1.21 bits per heavy atom. The third-order valence-corrected chi connectivity index (χ3v) is 2.41. The van der Waals surface area contributed by atoms with Crippen molar-refractivity contribution in [3.8, 4) is 0 Å². The number of nitrogen functional groups attached to an aromatic ring is 1. The summed E-state index contributed by atoms with van der Waals surface area (Å²) in [6.07, 6.45) is 0.386. The van der Waals surface area contributed by atoms with Gasteiger partial charge in [-0.2, -0.15) is 0 Å². The van der Waals surface area contributed by atoms with E-state index >= 15 is 0 Å². The highest BCUT2D eigenvalue weighted by atomic mass is 16.2. The molecule has 1 aromatic rings. The van der Waals surface area contributed by atoms with Crippen molar-refractivity contribution in [1.29, 1.82) is 0 Å². The van der Waals surface area contributed by atoms with Crippen molar-refractivity contribution in [2.75, 3.05) is 37.0 Å². The first kappa shape index (κ1) is 15.0. The minimum Gasteiger partial charge on any atom is -0.399 e. The molecule has 0 bridgehead atoms. The van der Waals surface area contributed by atoms with E-state index in [9.17, 15) is 9.59 Å². The minimum atomic E-state index is -0.214. The number of carbonyl (C=O) groups is 2. The van der Waals surface area contributed by atoms with Crippen molar-refractivity contribution in [2.24, 2.45) is 0 Å². The highest BCUT2D eigenvalue weighted by Crippen LogP contribution is 2.24. The van der Waals surface area contributed by atoms with Gasteiger partial charge in [0.05, 0.1) is 11.4 Å². The van der Waals surface area contributed by atoms with Crippen molar-refractivity contribution in [2.45, 2.75) is 13.3 Å². The number of hydrogen-bond acceptors (Lipinski definition) is 4. The Balaban J connectivity index is 2.76. The van der Waals surface area contributed by atoms with Gasteiger partial charge in [-0.3, -0.25) is 9.59 Å². The largest absolute Gasteiger partial charge is 0.399 e. The van der Waals surface area contributed by atoms with Crippen LogP contribution < -0.4 is 16.4 Å². The number of nitrogens with one attached hydrogen (secondary N) is 2. The van der Waals surface area contributed by atoms with Gasteiger partial charge in [-0.05, 0) is 32.3 Å². The van der Waals surface area contributed by atoms with Crippen LogP contribution in [0.4, 0.5) is 17.1 Å². The van der Waals surface area contributed by atoms with Gasteiger partial charge in [0, 0.05) is 25.6 Å². The lowest BCUT2D eigenvalue weighted by Gasteiger charge is -2.13. The third kappa shape index (κ3) is 5.39. The third-order valence-electron chi connectivity index (χ3n) is 2.41. The Kier molecular flexibility index (Phi) is 5.32. The lowest BCUT2D eigenvalue weighted by Crippen LogP contribution is -2.21. The molecule has 0 saturated heterocycles. The van der Waals surface area contributed by atoms with Crippen molar-refractivity contribution in [3.05, 3.63) is 18.2 Å². The van der Waals surface area contributed by atoms with E-state index in [1.165, 1.54) is 6.92 Å². The van der Waals surface area contributed by atoms with E-state index in [2.05, 4.69) is 10.6 Å². The topological polar surface area (TPSA) is 87.5 Å². The highest BCUT2D eigenvalue weighted by molar-refractivity contribution is 5.99. The van der Waals surface area contributed by atoms with E-state index < -0.39 is 0 Å². The predicted molar refractivity (Wildman–Crippen MR) is 77.0 cm³/mol. The van der Waals surface area contributed by atoms with Crippen LogP contribution in [0.3, 0.4) is 0 Å². The van der Waals surface area contributed by atoms with Crippen LogP contribution in [0.1, 0.15) is 13.3 Å². The zero-order valence-corrected chi connectivity index (χ0v) is 11.5. The average molecular weight is 264 g/mol. The molecule has 0 unspecified atom stereocenters. The number of hydrogen-bond donors (Lipinski definition) is 3. The van der Waals surface area contributed by atoms with Crippen LogP contribution in [0.2, 0.25) is 0 Å². The molecule has 0 saturated carbocycles. The monoisotopic (exact) mass is 264 g/mol. The Labute approximate surface area is 113 Å². The van der Waals surface area contributed by atoms with Gasteiger partial charge < -0.3 is 21.3 Å². The summed E-state index contributed by atoms with van der Waals surface area (Å²) in [4.78, 5) is 24.8. The number of nitrogens with two attached hydrogens (primary N) is 1. The maximum Gasteiger partial charge on any atom is 0.225 e. The molecule has 0 aromatic heterocycles. The molecule has 6 heteroatoms. The van der Waals surface area contributed by atoms with Crippen molar-refractivity contribution in [3.63, 3.8) is 0 Å². The van der Waals surface area contributed by atoms with Crippen LogP contribution in [0.15, 0.2) is 18.2 Å². The number of anilines is 3. The lowest BCUT2D eigenvalue weighted by molar-refractivity contribution is -0.116. The summed E-state index contributed by atoms with van der Waals surface area (Å²) in [7, 11) is 3.80. The molecule has 0 aliphatic carbocycles. The molecule has 1 aromatic carbocycles. The number of benzene rings is 1. The molecule has 0 spiro atoms. The number of rotatable bonds is 5. The summed E-state index contributed by atoms with van der Waals surface area (Å²) < 4.78 is 0. The maximum absolute atomic E-state index is 11.8. The maximum atomic E-state index is 11.8. The fraction of sp³-hybridized carbons (Fsp3) is 0.385. The lowest BCUT2D eigenvalue weighted by atomic mass is 10.2. The van der Waals surface area contributed by atoms with E-state index in [0.717, 1.165) is 0 Å². The van der Waals surface area contributed by atoms with Gasteiger partial charge in [0.15, 0.2) is 0 Å². The molecule has 2 amide bonds. The van der Waals surface area contributed by atoms with Crippen LogP contribution in [-0.2, 0) is 9.59 Å². The molecule has 0 radical (unpaired) electrons. The Morgan fingerprint density at radius 2 is 1.89 bits per heavy atom.